The van der Waals surface area contributed by atoms with Crippen LogP contribution in [0.5, 0.6) is 5.75 Å². The summed E-state index contributed by atoms with van der Waals surface area (Å²) in [5.74, 6) is 0.905. The lowest BCUT2D eigenvalue weighted by atomic mass is 9.83. The Labute approximate surface area is 137 Å². The Morgan fingerprint density at radius 2 is 1.78 bits per heavy atom. The first-order valence-electron chi connectivity index (χ1n) is 8.16. The highest BCUT2D eigenvalue weighted by molar-refractivity contribution is 6.32. The Morgan fingerprint density at radius 1 is 1.00 bits per heavy atom. The zero-order valence-corrected chi connectivity index (χ0v) is 13.3. The van der Waals surface area contributed by atoms with Crippen LogP contribution in [-0.2, 0) is 4.74 Å². The first kappa shape index (κ1) is 14.5. The molecule has 2 aromatic carbocycles. The first-order chi connectivity index (χ1) is 11.2. The van der Waals surface area contributed by atoms with E-state index in [0.717, 1.165) is 29.7 Å². The average Bonchev–Trinajstić information content (AvgIpc) is 2.55. The quantitative estimate of drug-likeness (QED) is 0.757. The summed E-state index contributed by atoms with van der Waals surface area (Å²) >= 11 is 0. The van der Waals surface area contributed by atoms with Crippen molar-refractivity contribution in [2.75, 3.05) is 13.2 Å². The highest BCUT2D eigenvalue weighted by Crippen LogP contribution is 2.40. The van der Waals surface area contributed by atoms with Crippen molar-refractivity contribution < 1.29 is 14.3 Å². The van der Waals surface area contributed by atoms with Gasteiger partial charge in [0, 0.05) is 12.8 Å². The molecule has 0 aromatic heterocycles. The molecular weight excluding hydrogens is 287 g/mol. The molecule has 2 aliphatic heterocycles. The van der Waals surface area contributed by atoms with E-state index >= 15 is 0 Å². The van der Waals surface area contributed by atoms with Crippen LogP contribution in [0.25, 0.3) is 11.1 Å². The van der Waals surface area contributed by atoms with Gasteiger partial charge in [0.15, 0.2) is 5.78 Å². The third kappa shape index (κ3) is 2.68. The predicted octanol–water partition coefficient (Wildman–Crippen LogP) is 2.13. The van der Waals surface area contributed by atoms with Crippen molar-refractivity contribution >= 4 is 19.1 Å². The molecule has 0 saturated carbocycles. The normalized spacial score (nSPS) is 19.2. The molecule has 0 bridgehead atoms. The maximum absolute atomic E-state index is 12.7. The van der Waals surface area contributed by atoms with Gasteiger partial charge in [-0.25, -0.2) is 0 Å². The van der Waals surface area contributed by atoms with Gasteiger partial charge in [-0.15, -0.1) is 0 Å². The summed E-state index contributed by atoms with van der Waals surface area (Å²) in [5, 5.41) is 0. The van der Waals surface area contributed by atoms with Crippen molar-refractivity contribution in [1.82, 2.24) is 0 Å². The SMILES string of the molecule is Bc1cccc(-c2ccc3c(c2)C(=O)CC2(CCOCC2)O3)c1. The maximum atomic E-state index is 12.7. The van der Waals surface area contributed by atoms with Crippen molar-refractivity contribution in [3.63, 3.8) is 0 Å². The molecule has 0 unspecified atom stereocenters. The van der Waals surface area contributed by atoms with Gasteiger partial charge in [0.25, 0.3) is 0 Å². The first-order valence-corrected chi connectivity index (χ1v) is 8.16. The van der Waals surface area contributed by atoms with E-state index in [9.17, 15) is 4.79 Å². The average molecular weight is 306 g/mol. The number of Topliss-reactive ketones (excluding diaryl/α,β-unsaturated/α-hetero) is 1. The monoisotopic (exact) mass is 306 g/mol. The summed E-state index contributed by atoms with van der Waals surface area (Å²) in [6.45, 7) is 1.34. The Morgan fingerprint density at radius 3 is 2.57 bits per heavy atom. The molecule has 116 valence electrons. The van der Waals surface area contributed by atoms with Gasteiger partial charge in [0.05, 0.1) is 25.2 Å². The van der Waals surface area contributed by atoms with Crippen molar-refractivity contribution in [3.05, 3.63) is 48.0 Å². The van der Waals surface area contributed by atoms with Crippen molar-refractivity contribution in [3.8, 4) is 16.9 Å². The Hall–Kier alpha value is -2.07. The Bertz CT molecular complexity index is 763. The van der Waals surface area contributed by atoms with E-state index in [4.69, 9.17) is 9.47 Å². The van der Waals surface area contributed by atoms with Crippen LogP contribution in [-0.4, -0.2) is 32.4 Å². The third-order valence-electron chi connectivity index (χ3n) is 4.84. The van der Waals surface area contributed by atoms with Crippen LogP contribution >= 0.6 is 0 Å². The summed E-state index contributed by atoms with van der Waals surface area (Å²) in [6.07, 6.45) is 2.04. The minimum atomic E-state index is -0.354. The third-order valence-corrected chi connectivity index (χ3v) is 4.84. The van der Waals surface area contributed by atoms with Gasteiger partial charge < -0.3 is 9.47 Å². The van der Waals surface area contributed by atoms with E-state index in [0.29, 0.717) is 25.2 Å². The van der Waals surface area contributed by atoms with Crippen LogP contribution in [0.3, 0.4) is 0 Å². The molecule has 3 nitrogen and oxygen atoms in total. The van der Waals surface area contributed by atoms with Crippen LogP contribution in [0.1, 0.15) is 29.6 Å². The van der Waals surface area contributed by atoms with Crippen LogP contribution in [0.4, 0.5) is 0 Å². The fourth-order valence-corrected chi connectivity index (χ4v) is 3.52. The number of ketones is 1. The number of carbonyl (C=O) groups excluding carboxylic acids is 1. The van der Waals surface area contributed by atoms with Crippen molar-refractivity contribution in [2.24, 2.45) is 0 Å². The molecule has 23 heavy (non-hydrogen) atoms. The summed E-state index contributed by atoms with van der Waals surface area (Å²) in [7, 11) is 2.07. The zero-order valence-electron chi connectivity index (χ0n) is 13.3. The van der Waals surface area contributed by atoms with Crippen LogP contribution in [0.15, 0.2) is 42.5 Å². The molecule has 1 saturated heterocycles. The number of fused-ring (bicyclic) bond motifs is 1. The summed E-state index contributed by atoms with van der Waals surface area (Å²) in [6, 6.07) is 14.3. The highest BCUT2D eigenvalue weighted by atomic mass is 16.5. The van der Waals surface area contributed by atoms with E-state index in [2.05, 4.69) is 26.0 Å². The van der Waals surface area contributed by atoms with E-state index in [-0.39, 0.29) is 11.4 Å². The number of benzene rings is 2. The molecule has 2 heterocycles. The molecule has 0 atom stereocenters. The number of hydrogen-bond acceptors (Lipinski definition) is 3. The molecule has 1 fully saturated rings. The maximum Gasteiger partial charge on any atom is 0.170 e. The molecule has 4 heteroatoms. The second-order valence-electron chi connectivity index (χ2n) is 6.58. The van der Waals surface area contributed by atoms with Gasteiger partial charge in [0.1, 0.15) is 19.2 Å². The van der Waals surface area contributed by atoms with Crippen molar-refractivity contribution in [1.29, 1.82) is 0 Å². The Kier molecular flexibility index (Phi) is 3.49. The van der Waals surface area contributed by atoms with E-state index in [1.807, 2.05) is 24.3 Å². The van der Waals surface area contributed by atoms with Gasteiger partial charge >= 0.3 is 0 Å². The molecule has 0 amide bonds. The minimum absolute atomic E-state index is 0.183. The van der Waals surface area contributed by atoms with E-state index < -0.39 is 0 Å². The van der Waals surface area contributed by atoms with Gasteiger partial charge in [0.2, 0.25) is 0 Å². The van der Waals surface area contributed by atoms with E-state index in [1.165, 1.54) is 5.46 Å². The molecule has 2 aromatic rings. The molecular formula is C19H19BO3. The predicted molar refractivity (Wildman–Crippen MR) is 92.4 cm³/mol. The fraction of sp³-hybridized carbons (Fsp3) is 0.316. The van der Waals surface area contributed by atoms with E-state index in [1.54, 1.807) is 0 Å². The lowest BCUT2D eigenvalue weighted by molar-refractivity contribution is -0.0504. The van der Waals surface area contributed by atoms with Crippen LogP contribution < -0.4 is 10.2 Å². The van der Waals surface area contributed by atoms with Gasteiger partial charge in [-0.2, -0.15) is 0 Å². The standard InChI is InChI=1S/C19H19BO3/c20-15-3-1-2-13(10-15)14-4-5-18-16(11-14)17(21)12-19(23-18)6-8-22-9-7-19/h1-5,10-11H,6-9,12,20H2. The van der Waals surface area contributed by atoms with Crippen LogP contribution in [0, 0.1) is 0 Å². The topological polar surface area (TPSA) is 35.5 Å². The molecule has 0 radical (unpaired) electrons. The number of rotatable bonds is 1. The molecule has 2 aliphatic rings. The summed E-state index contributed by atoms with van der Waals surface area (Å²) < 4.78 is 11.7. The highest BCUT2D eigenvalue weighted by Gasteiger charge is 2.41. The number of ether oxygens (including phenoxy) is 2. The van der Waals surface area contributed by atoms with Gasteiger partial charge in [-0.05, 0) is 23.3 Å². The van der Waals surface area contributed by atoms with Gasteiger partial charge in [-0.1, -0.05) is 35.8 Å². The largest absolute Gasteiger partial charge is 0.486 e. The fourth-order valence-electron chi connectivity index (χ4n) is 3.52. The van der Waals surface area contributed by atoms with Gasteiger partial charge in [-0.3, -0.25) is 4.79 Å². The summed E-state index contributed by atoms with van der Waals surface area (Å²) in [5.41, 5.74) is 3.76. The smallest absolute Gasteiger partial charge is 0.170 e. The number of carbonyl (C=O) groups is 1. The molecule has 0 N–H and O–H groups in total. The Balaban J connectivity index is 1.70. The second kappa shape index (κ2) is 5.53. The molecule has 1 spiro atoms. The zero-order chi connectivity index (χ0) is 15.9. The minimum Gasteiger partial charge on any atom is -0.486 e. The van der Waals surface area contributed by atoms with Crippen molar-refractivity contribution in [2.45, 2.75) is 24.9 Å². The molecule has 4 rings (SSSR count). The summed E-state index contributed by atoms with van der Waals surface area (Å²) in [4.78, 5) is 12.7. The lowest BCUT2D eigenvalue weighted by Gasteiger charge is -2.40. The second-order valence-corrected chi connectivity index (χ2v) is 6.58. The molecule has 0 aliphatic carbocycles. The number of hydrogen-bond donors (Lipinski definition) is 0. The van der Waals surface area contributed by atoms with Crippen LogP contribution in [0.2, 0.25) is 0 Å². The lowest BCUT2D eigenvalue weighted by Crippen LogP contribution is -2.46.